The lowest BCUT2D eigenvalue weighted by atomic mass is 10.1. The van der Waals surface area contributed by atoms with Crippen molar-refractivity contribution in [3.8, 4) is 0 Å². The summed E-state index contributed by atoms with van der Waals surface area (Å²) in [6, 6.07) is 4.59. The van der Waals surface area contributed by atoms with Crippen molar-refractivity contribution >= 4 is 17.6 Å². The number of nitrogens with zero attached hydrogens (tertiary/aromatic N) is 1. The smallest absolute Gasteiger partial charge is 0.326 e. The zero-order valence-corrected chi connectivity index (χ0v) is 10.6. The van der Waals surface area contributed by atoms with Crippen molar-refractivity contribution in [1.82, 2.24) is 5.32 Å². The highest BCUT2D eigenvalue weighted by Gasteiger charge is 2.18. The first-order valence-corrected chi connectivity index (χ1v) is 5.80. The highest BCUT2D eigenvalue weighted by Crippen LogP contribution is 2.13. The SMILES string of the molecule is C=CCC(NC(=O)Cc1cccc([N+](=O)[O-])c1)C(=O)O. The lowest BCUT2D eigenvalue weighted by Crippen LogP contribution is -2.41. The monoisotopic (exact) mass is 278 g/mol. The quantitative estimate of drug-likeness (QED) is 0.443. The van der Waals surface area contributed by atoms with E-state index >= 15 is 0 Å². The number of carbonyl (C=O) groups excluding carboxylic acids is 1. The van der Waals surface area contributed by atoms with Crippen LogP contribution in [0.1, 0.15) is 12.0 Å². The maximum Gasteiger partial charge on any atom is 0.326 e. The first-order valence-electron chi connectivity index (χ1n) is 5.80. The van der Waals surface area contributed by atoms with Crippen LogP contribution in [0.4, 0.5) is 5.69 Å². The second-order valence-corrected chi connectivity index (χ2v) is 4.09. The number of nitro groups is 1. The summed E-state index contributed by atoms with van der Waals surface area (Å²) in [6.07, 6.45) is 1.38. The Morgan fingerprint density at radius 2 is 2.20 bits per heavy atom. The van der Waals surface area contributed by atoms with Gasteiger partial charge < -0.3 is 10.4 Å². The zero-order chi connectivity index (χ0) is 15.1. The van der Waals surface area contributed by atoms with Gasteiger partial charge in [-0.25, -0.2) is 4.79 Å². The predicted octanol–water partition coefficient (Wildman–Crippen LogP) is 1.28. The number of hydrogen-bond donors (Lipinski definition) is 2. The maximum atomic E-state index is 11.7. The largest absolute Gasteiger partial charge is 0.480 e. The van der Waals surface area contributed by atoms with E-state index in [1.807, 2.05) is 0 Å². The number of rotatable bonds is 7. The third-order valence-electron chi connectivity index (χ3n) is 2.52. The number of amides is 1. The third-order valence-corrected chi connectivity index (χ3v) is 2.52. The van der Waals surface area contributed by atoms with E-state index in [0.717, 1.165) is 0 Å². The zero-order valence-electron chi connectivity index (χ0n) is 10.6. The Kier molecular flexibility index (Phi) is 5.40. The number of non-ortho nitro benzene ring substituents is 1. The van der Waals surface area contributed by atoms with Crippen LogP contribution >= 0.6 is 0 Å². The molecule has 1 aromatic rings. The molecule has 1 aromatic carbocycles. The van der Waals surface area contributed by atoms with Gasteiger partial charge in [-0.05, 0) is 12.0 Å². The maximum absolute atomic E-state index is 11.7. The Morgan fingerprint density at radius 3 is 2.75 bits per heavy atom. The van der Waals surface area contributed by atoms with Crippen molar-refractivity contribution in [1.29, 1.82) is 0 Å². The van der Waals surface area contributed by atoms with E-state index in [4.69, 9.17) is 5.11 Å². The summed E-state index contributed by atoms with van der Waals surface area (Å²) in [5.41, 5.74) is 0.329. The van der Waals surface area contributed by atoms with E-state index < -0.39 is 22.8 Å². The van der Waals surface area contributed by atoms with E-state index in [1.165, 1.54) is 24.3 Å². The average Bonchev–Trinajstić information content (AvgIpc) is 2.38. The molecular weight excluding hydrogens is 264 g/mol. The fourth-order valence-electron chi connectivity index (χ4n) is 1.60. The summed E-state index contributed by atoms with van der Waals surface area (Å²) < 4.78 is 0. The van der Waals surface area contributed by atoms with Crippen molar-refractivity contribution in [2.45, 2.75) is 18.9 Å². The van der Waals surface area contributed by atoms with Gasteiger partial charge in [0.05, 0.1) is 11.3 Å². The molecule has 7 heteroatoms. The lowest BCUT2D eigenvalue weighted by molar-refractivity contribution is -0.384. The normalized spacial score (nSPS) is 11.4. The van der Waals surface area contributed by atoms with Crippen molar-refractivity contribution in [2.24, 2.45) is 0 Å². The molecule has 0 radical (unpaired) electrons. The van der Waals surface area contributed by atoms with Crippen molar-refractivity contribution in [3.05, 3.63) is 52.6 Å². The molecule has 0 aromatic heterocycles. The van der Waals surface area contributed by atoms with Crippen LogP contribution in [0.3, 0.4) is 0 Å². The molecule has 7 nitrogen and oxygen atoms in total. The van der Waals surface area contributed by atoms with Gasteiger partial charge in [0.25, 0.3) is 5.69 Å². The number of carboxylic acids is 1. The van der Waals surface area contributed by atoms with Crippen LogP contribution in [-0.4, -0.2) is 27.9 Å². The first-order chi connectivity index (χ1) is 9.43. The number of hydrogen-bond acceptors (Lipinski definition) is 4. The van der Waals surface area contributed by atoms with Gasteiger partial charge in [-0.15, -0.1) is 6.58 Å². The van der Waals surface area contributed by atoms with Gasteiger partial charge >= 0.3 is 5.97 Å². The molecule has 0 saturated carbocycles. The minimum absolute atomic E-state index is 0.107. The Labute approximate surface area is 115 Å². The van der Waals surface area contributed by atoms with Gasteiger partial charge in [-0.3, -0.25) is 14.9 Å². The standard InChI is InChI=1S/C13H14N2O5/c1-2-4-11(13(17)18)14-12(16)8-9-5-3-6-10(7-9)15(19)20/h2-3,5-7,11H,1,4,8H2,(H,14,16)(H,17,18). The molecular formula is C13H14N2O5. The molecule has 0 fully saturated rings. The van der Waals surface area contributed by atoms with E-state index in [9.17, 15) is 19.7 Å². The molecule has 1 amide bonds. The number of carboxylic acid groups (broad SMARTS) is 1. The molecule has 1 rings (SSSR count). The summed E-state index contributed by atoms with van der Waals surface area (Å²) in [5.74, 6) is -1.67. The number of carbonyl (C=O) groups is 2. The highest BCUT2D eigenvalue weighted by molar-refractivity contribution is 5.85. The van der Waals surface area contributed by atoms with Gasteiger partial charge in [-0.1, -0.05) is 18.2 Å². The van der Waals surface area contributed by atoms with Gasteiger partial charge in [0, 0.05) is 12.1 Å². The Bertz CT molecular complexity index is 541. The molecule has 2 N–H and O–H groups in total. The average molecular weight is 278 g/mol. The van der Waals surface area contributed by atoms with Gasteiger partial charge in [0.2, 0.25) is 5.91 Å². The Balaban J connectivity index is 2.70. The summed E-state index contributed by atoms with van der Waals surface area (Å²) >= 11 is 0. The number of aliphatic carboxylic acids is 1. The van der Waals surface area contributed by atoms with E-state index in [0.29, 0.717) is 5.56 Å². The Morgan fingerprint density at radius 1 is 1.50 bits per heavy atom. The summed E-state index contributed by atoms with van der Waals surface area (Å²) in [4.78, 5) is 32.6. The number of nitrogens with one attached hydrogen (secondary N) is 1. The highest BCUT2D eigenvalue weighted by atomic mass is 16.6. The van der Waals surface area contributed by atoms with Crippen LogP contribution in [0.15, 0.2) is 36.9 Å². The van der Waals surface area contributed by atoms with Crippen LogP contribution in [0.5, 0.6) is 0 Å². The Hall–Kier alpha value is -2.70. The molecule has 0 aliphatic carbocycles. The van der Waals surface area contributed by atoms with Crippen molar-refractivity contribution in [3.63, 3.8) is 0 Å². The van der Waals surface area contributed by atoms with E-state index in [2.05, 4.69) is 11.9 Å². The summed E-state index contributed by atoms with van der Waals surface area (Å²) in [5, 5.41) is 21.8. The van der Waals surface area contributed by atoms with E-state index in [-0.39, 0.29) is 18.5 Å². The topological polar surface area (TPSA) is 110 Å². The molecule has 106 valence electrons. The third kappa shape index (κ3) is 4.52. The molecule has 0 heterocycles. The van der Waals surface area contributed by atoms with Crippen molar-refractivity contribution < 1.29 is 19.6 Å². The molecule has 0 saturated heterocycles. The number of nitro benzene ring substituents is 1. The lowest BCUT2D eigenvalue weighted by Gasteiger charge is -2.12. The van der Waals surface area contributed by atoms with Crippen LogP contribution in [0.2, 0.25) is 0 Å². The van der Waals surface area contributed by atoms with Crippen LogP contribution in [0, 0.1) is 10.1 Å². The first kappa shape index (κ1) is 15.4. The van der Waals surface area contributed by atoms with Gasteiger partial charge in [0.1, 0.15) is 6.04 Å². The van der Waals surface area contributed by atoms with E-state index in [1.54, 1.807) is 6.07 Å². The second kappa shape index (κ2) is 7.03. The fourth-order valence-corrected chi connectivity index (χ4v) is 1.60. The van der Waals surface area contributed by atoms with Crippen LogP contribution in [-0.2, 0) is 16.0 Å². The second-order valence-electron chi connectivity index (χ2n) is 4.09. The van der Waals surface area contributed by atoms with Gasteiger partial charge in [-0.2, -0.15) is 0 Å². The minimum atomic E-state index is -1.16. The van der Waals surface area contributed by atoms with Crippen LogP contribution in [0.25, 0.3) is 0 Å². The minimum Gasteiger partial charge on any atom is -0.480 e. The molecule has 0 aliphatic heterocycles. The van der Waals surface area contributed by atoms with Crippen molar-refractivity contribution in [2.75, 3.05) is 0 Å². The molecule has 0 spiro atoms. The fraction of sp³-hybridized carbons (Fsp3) is 0.231. The molecule has 0 aliphatic rings. The molecule has 0 bridgehead atoms. The van der Waals surface area contributed by atoms with Crippen LogP contribution < -0.4 is 5.32 Å². The molecule has 1 atom stereocenters. The molecule has 1 unspecified atom stereocenters. The summed E-state index contributed by atoms with van der Waals surface area (Å²) in [7, 11) is 0. The summed E-state index contributed by atoms with van der Waals surface area (Å²) in [6.45, 7) is 3.42. The predicted molar refractivity (Wildman–Crippen MR) is 71.2 cm³/mol. The number of benzene rings is 1. The molecule has 20 heavy (non-hydrogen) atoms. The van der Waals surface area contributed by atoms with Gasteiger partial charge in [0.15, 0.2) is 0 Å².